The molecule has 2 heterocycles. The molecular weight excluding hydrogens is 458 g/mol. The highest BCUT2D eigenvalue weighted by Crippen LogP contribution is 2.37. The van der Waals surface area contributed by atoms with E-state index in [1.165, 1.54) is 0 Å². The molecule has 2 amide bonds. The summed E-state index contributed by atoms with van der Waals surface area (Å²) >= 11 is 0. The minimum atomic E-state index is -0.412. The van der Waals surface area contributed by atoms with Crippen molar-refractivity contribution in [3.8, 4) is 11.5 Å². The number of ether oxygens (including phenoxy) is 3. The average Bonchev–Trinajstić information content (AvgIpc) is 2.94. The second-order valence-electron chi connectivity index (χ2n) is 8.70. The van der Waals surface area contributed by atoms with Crippen molar-refractivity contribution >= 4 is 17.5 Å². The summed E-state index contributed by atoms with van der Waals surface area (Å²) in [7, 11) is 1.56. The lowest BCUT2D eigenvalue weighted by molar-refractivity contribution is -0.137. The summed E-state index contributed by atoms with van der Waals surface area (Å²) in [5.41, 5.74) is 3.30. The third kappa shape index (κ3) is 4.99. The van der Waals surface area contributed by atoms with Gasteiger partial charge >= 0.3 is 0 Å². The quantitative estimate of drug-likeness (QED) is 0.548. The van der Waals surface area contributed by atoms with Crippen molar-refractivity contribution in [3.63, 3.8) is 0 Å². The minimum absolute atomic E-state index is 0.0476. The Balaban J connectivity index is 1.39. The van der Waals surface area contributed by atoms with Gasteiger partial charge in [0.15, 0.2) is 18.1 Å². The molecule has 0 bridgehead atoms. The molecule has 3 aromatic carbocycles. The molecule has 1 unspecified atom stereocenters. The first kappa shape index (κ1) is 23.7. The lowest BCUT2D eigenvalue weighted by atomic mass is 10.0. The Hall–Kier alpha value is -4.04. The summed E-state index contributed by atoms with van der Waals surface area (Å²) < 4.78 is 16.7. The van der Waals surface area contributed by atoms with Gasteiger partial charge in [-0.15, -0.1) is 0 Å². The van der Waals surface area contributed by atoms with E-state index in [4.69, 9.17) is 14.2 Å². The maximum absolute atomic E-state index is 13.5. The SMILES string of the molecule is COc1cc(C2Nc3ccccc3C(=O)N2Cc2ccccc2)ccc1OCC(=O)N1CCOCC1. The zero-order valence-corrected chi connectivity index (χ0v) is 20.2. The summed E-state index contributed by atoms with van der Waals surface area (Å²) in [5.74, 6) is 0.832. The van der Waals surface area contributed by atoms with E-state index in [0.717, 1.165) is 16.8 Å². The van der Waals surface area contributed by atoms with Crippen LogP contribution in [0.5, 0.6) is 11.5 Å². The van der Waals surface area contributed by atoms with Gasteiger partial charge in [0.05, 0.1) is 25.9 Å². The normalized spacial score (nSPS) is 17.2. The summed E-state index contributed by atoms with van der Waals surface area (Å²) in [6.45, 7) is 2.58. The number of hydrogen-bond donors (Lipinski definition) is 1. The van der Waals surface area contributed by atoms with E-state index >= 15 is 0 Å². The molecule has 186 valence electrons. The van der Waals surface area contributed by atoms with Crippen LogP contribution in [0, 0.1) is 0 Å². The number of rotatable bonds is 7. The van der Waals surface area contributed by atoms with Crippen LogP contribution >= 0.6 is 0 Å². The number of nitrogens with zero attached hydrogens (tertiary/aromatic N) is 2. The van der Waals surface area contributed by atoms with Gasteiger partial charge in [0.1, 0.15) is 6.17 Å². The molecule has 0 aliphatic carbocycles. The van der Waals surface area contributed by atoms with Gasteiger partial charge in [0.2, 0.25) is 0 Å². The second-order valence-corrected chi connectivity index (χ2v) is 8.70. The predicted octanol–water partition coefficient (Wildman–Crippen LogP) is 3.70. The fourth-order valence-corrected chi connectivity index (χ4v) is 4.52. The Morgan fingerprint density at radius 2 is 1.75 bits per heavy atom. The van der Waals surface area contributed by atoms with Gasteiger partial charge in [0.25, 0.3) is 11.8 Å². The van der Waals surface area contributed by atoms with Gasteiger partial charge < -0.3 is 29.3 Å². The van der Waals surface area contributed by atoms with Crippen molar-refractivity contribution in [1.82, 2.24) is 9.80 Å². The van der Waals surface area contributed by atoms with E-state index in [0.29, 0.717) is 49.9 Å². The molecule has 0 spiro atoms. The monoisotopic (exact) mass is 487 g/mol. The van der Waals surface area contributed by atoms with Crippen LogP contribution in [0.25, 0.3) is 0 Å². The molecule has 1 atom stereocenters. The molecule has 0 aromatic heterocycles. The molecule has 8 heteroatoms. The van der Waals surface area contributed by atoms with Crippen LogP contribution in [-0.4, -0.2) is 61.6 Å². The average molecular weight is 488 g/mol. The number of hydrogen-bond acceptors (Lipinski definition) is 6. The number of nitrogens with one attached hydrogen (secondary N) is 1. The molecular formula is C28H29N3O5. The topological polar surface area (TPSA) is 80.3 Å². The molecule has 2 aliphatic rings. The van der Waals surface area contributed by atoms with Crippen LogP contribution < -0.4 is 14.8 Å². The zero-order valence-electron chi connectivity index (χ0n) is 20.2. The van der Waals surface area contributed by atoms with Crippen LogP contribution in [0.1, 0.15) is 27.7 Å². The van der Waals surface area contributed by atoms with Crippen molar-refractivity contribution in [2.45, 2.75) is 12.7 Å². The van der Waals surface area contributed by atoms with Crippen LogP contribution in [0.2, 0.25) is 0 Å². The summed E-state index contributed by atoms with van der Waals surface area (Å²) in [4.78, 5) is 29.6. The third-order valence-electron chi connectivity index (χ3n) is 6.44. The highest BCUT2D eigenvalue weighted by Gasteiger charge is 2.33. The predicted molar refractivity (Wildman–Crippen MR) is 135 cm³/mol. The number of morpholine rings is 1. The molecule has 0 saturated carbocycles. The Morgan fingerprint density at radius 1 is 1.00 bits per heavy atom. The van der Waals surface area contributed by atoms with Gasteiger partial charge in [-0.2, -0.15) is 0 Å². The molecule has 2 aliphatic heterocycles. The first-order chi connectivity index (χ1) is 17.6. The summed E-state index contributed by atoms with van der Waals surface area (Å²) in [6, 6.07) is 23.0. The second kappa shape index (κ2) is 10.7. The maximum atomic E-state index is 13.5. The number of benzene rings is 3. The minimum Gasteiger partial charge on any atom is -0.493 e. The fourth-order valence-electron chi connectivity index (χ4n) is 4.52. The van der Waals surface area contributed by atoms with Crippen molar-refractivity contribution in [3.05, 3.63) is 89.5 Å². The van der Waals surface area contributed by atoms with Crippen LogP contribution in [0.15, 0.2) is 72.8 Å². The van der Waals surface area contributed by atoms with Gasteiger partial charge in [-0.05, 0) is 35.4 Å². The number of para-hydroxylation sites is 1. The molecule has 3 aromatic rings. The number of anilines is 1. The Labute approximate surface area is 210 Å². The first-order valence-corrected chi connectivity index (χ1v) is 12.0. The summed E-state index contributed by atoms with van der Waals surface area (Å²) in [5, 5.41) is 3.51. The number of amides is 2. The molecule has 1 saturated heterocycles. The van der Waals surface area contributed by atoms with Crippen molar-refractivity contribution in [1.29, 1.82) is 0 Å². The van der Waals surface area contributed by atoms with Gasteiger partial charge in [0, 0.05) is 25.3 Å². The van der Waals surface area contributed by atoms with Crippen LogP contribution in [0.4, 0.5) is 5.69 Å². The van der Waals surface area contributed by atoms with E-state index in [2.05, 4.69) is 5.32 Å². The lowest BCUT2D eigenvalue weighted by Gasteiger charge is -2.38. The molecule has 1 fully saturated rings. The Morgan fingerprint density at radius 3 is 2.53 bits per heavy atom. The maximum Gasteiger partial charge on any atom is 0.260 e. The van der Waals surface area contributed by atoms with Gasteiger partial charge in [-0.25, -0.2) is 0 Å². The van der Waals surface area contributed by atoms with E-state index < -0.39 is 6.17 Å². The smallest absolute Gasteiger partial charge is 0.260 e. The molecule has 8 nitrogen and oxygen atoms in total. The van der Waals surface area contributed by atoms with Crippen molar-refractivity contribution < 1.29 is 23.8 Å². The molecule has 0 radical (unpaired) electrons. The van der Waals surface area contributed by atoms with Crippen molar-refractivity contribution in [2.75, 3.05) is 45.3 Å². The largest absolute Gasteiger partial charge is 0.493 e. The van der Waals surface area contributed by atoms with Crippen molar-refractivity contribution in [2.24, 2.45) is 0 Å². The standard InChI is InChI=1S/C28H29N3O5/c1-34-25-17-21(11-12-24(25)36-19-26(32)30-13-15-35-16-14-30)27-29-23-10-6-5-9-22(23)28(33)31(27)18-20-7-3-2-4-8-20/h2-12,17,27,29H,13-16,18-19H2,1H3. The van der Waals surface area contributed by atoms with Crippen LogP contribution in [-0.2, 0) is 16.1 Å². The molecule has 5 rings (SSSR count). The van der Waals surface area contributed by atoms with E-state index in [9.17, 15) is 9.59 Å². The number of fused-ring (bicyclic) bond motifs is 1. The van der Waals surface area contributed by atoms with E-state index in [-0.39, 0.29) is 18.4 Å². The lowest BCUT2D eigenvalue weighted by Crippen LogP contribution is -2.43. The van der Waals surface area contributed by atoms with Gasteiger partial charge in [-0.3, -0.25) is 9.59 Å². The number of methoxy groups -OCH3 is 1. The van der Waals surface area contributed by atoms with E-state index in [1.54, 1.807) is 18.1 Å². The number of carbonyl (C=O) groups is 2. The summed E-state index contributed by atoms with van der Waals surface area (Å²) in [6.07, 6.45) is -0.412. The first-order valence-electron chi connectivity index (χ1n) is 12.0. The van der Waals surface area contributed by atoms with Crippen LogP contribution in [0.3, 0.4) is 0 Å². The zero-order chi connectivity index (χ0) is 24.9. The highest BCUT2D eigenvalue weighted by molar-refractivity contribution is 6.01. The highest BCUT2D eigenvalue weighted by atomic mass is 16.5. The number of carbonyl (C=O) groups excluding carboxylic acids is 2. The van der Waals surface area contributed by atoms with Gasteiger partial charge in [-0.1, -0.05) is 48.5 Å². The fraction of sp³-hybridized carbons (Fsp3) is 0.286. The Kier molecular flexibility index (Phi) is 7.04. The third-order valence-corrected chi connectivity index (χ3v) is 6.44. The van der Waals surface area contributed by atoms with E-state index in [1.807, 2.05) is 71.6 Å². The Bertz CT molecular complexity index is 1230. The molecule has 1 N–H and O–H groups in total. The molecule has 36 heavy (non-hydrogen) atoms.